The highest BCUT2D eigenvalue weighted by Gasteiger charge is 2.10. The second-order valence-electron chi connectivity index (χ2n) is 1.62. The number of halogens is 3. The fourth-order valence-corrected chi connectivity index (χ4v) is 0.694. The molecule has 0 fully saturated rings. The van der Waals surface area contributed by atoms with Crippen LogP contribution in [0.4, 0.5) is 8.78 Å². The van der Waals surface area contributed by atoms with Crippen LogP contribution in [0.3, 0.4) is 0 Å². The van der Waals surface area contributed by atoms with E-state index in [2.05, 4.69) is 11.1 Å². The largest absolute Gasteiger partial charge is 0.266 e. The maximum Gasteiger partial charge on any atom is 0.266 e. The Hall–Kier alpha value is -0.700. The van der Waals surface area contributed by atoms with E-state index in [1.807, 2.05) is 0 Å². The molecule has 1 nitrogen and oxygen atoms in total. The molecule has 1 rings (SSSR count). The summed E-state index contributed by atoms with van der Waals surface area (Å²) in [5.41, 5.74) is -0.274. The van der Waals surface area contributed by atoms with Crippen molar-refractivity contribution in [2.75, 3.05) is 0 Å². The van der Waals surface area contributed by atoms with Gasteiger partial charge in [0.1, 0.15) is 5.15 Å². The van der Waals surface area contributed by atoms with Crippen LogP contribution in [0.5, 0.6) is 0 Å². The first-order chi connectivity index (χ1) is 4.72. The van der Waals surface area contributed by atoms with E-state index in [9.17, 15) is 8.78 Å². The van der Waals surface area contributed by atoms with Crippen LogP contribution in [0.15, 0.2) is 12.3 Å². The summed E-state index contributed by atoms with van der Waals surface area (Å²) in [5, 5.41) is -0.159. The van der Waals surface area contributed by atoms with Gasteiger partial charge in [-0.15, -0.1) is 0 Å². The summed E-state index contributed by atoms with van der Waals surface area (Å²) in [4.78, 5) is 3.43. The van der Waals surface area contributed by atoms with Crippen molar-refractivity contribution in [1.29, 1.82) is 0 Å². The van der Waals surface area contributed by atoms with Crippen molar-refractivity contribution in [3.8, 4) is 0 Å². The van der Waals surface area contributed by atoms with Crippen molar-refractivity contribution in [3.05, 3.63) is 29.0 Å². The Morgan fingerprint density at radius 3 is 2.70 bits per heavy atom. The normalized spacial score (nSPS) is 10.4. The highest BCUT2D eigenvalue weighted by atomic mass is 35.5. The summed E-state index contributed by atoms with van der Waals surface area (Å²) in [6.07, 6.45) is -1.33. The van der Waals surface area contributed by atoms with E-state index in [-0.39, 0.29) is 10.7 Å². The molecule has 0 saturated heterocycles. The zero-order valence-electron chi connectivity index (χ0n) is 4.81. The Balaban J connectivity index is 3.03. The van der Waals surface area contributed by atoms with E-state index in [4.69, 9.17) is 11.6 Å². The maximum atomic E-state index is 11.9. The van der Waals surface area contributed by atoms with Gasteiger partial charge in [0, 0.05) is 12.3 Å². The van der Waals surface area contributed by atoms with Gasteiger partial charge >= 0.3 is 0 Å². The molecule has 0 amide bonds. The molecule has 1 radical (unpaired) electrons. The SMILES string of the molecule is FC(F)c1c[c]cnc1Cl. The number of nitrogens with zero attached hydrogens (tertiary/aromatic N) is 1. The van der Waals surface area contributed by atoms with Gasteiger partial charge in [-0.1, -0.05) is 11.6 Å². The zero-order chi connectivity index (χ0) is 7.56. The van der Waals surface area contributed by atoms with Crippen molar-refractivity contribution in [3.63, 3.8) is 0 Å². The van der Waals surface area contributed by atoms with E-state index in [1.54, 1.807) is 0 Å². The number of aromatic nitrogens is 1. The predicted octanol–water partition coefficient (Wildman–Crippen LogP) is 2.47. The van der Waals surface area contributed by atoms with Crippen LogP contribution in [0.2, 0.25) is 5.15 Å². The molecule has 0 aliphatic rings. The number of rotatable bonds is 1. The van der Waals surface area contributed by atoms with E-state index in [1.165, 1.54) is 6.20 Å². The lowest BCUT2D eigenvalue weighted by atomic mass is 10.3. The van der Waals surface area contributed by atoms with Crippen LogP contribution < -0.4 is 0 Å². The molecule has 0 aromatic carbocycles. The van der Waals surface area contributed by atoms with Crippen molar-refractivity contribution in [2.45, 2.75) is 6.43 Å². The van der Waals surface area contributed by atoms with Crippen molar-refractivity contribution in [1.82, 2.24) is 4.98 Å². The average Bonchev–Trinajstić information content (AvgIpc) is 1.88. The van der Waals surface area contributed by atoms with Crippen LogP contribution in [-0.4, -0.2) is 4.98 Å². The molecule has 0 aliphatic carbocycles. The lowest BCUT2D eigenvalue weighted by Gasteiger charge is -1.98. The summed E-state index contributed by atoms with van der Waals surface area (Å²) in [7, 11) is 0. The molecule has 0 spiro atoms. The van der Waals surface area contributed by atoms with Gasteiger partial charge in [0.2, 0.25) is 0 Å². The van der Waals surface area contributed by atoms with Gasteiger partial charge < -0.3 is 0 Å². The van der Waals surface area contributed by atoms with Crippen LogP contribution in [-0.2, 0) is 0 Å². The van der Waals surface area contributed by atoms with Crippen molar-refractivity contribution < 1.29 is 8.78 Å². The quantitative estimate of drug-likeness (QED) is 0.578. The second kappa shape index (κ2) is 2.92. The summed E-state index contributed by atoms with van der Waals surface area (Å²) in [6, 6.07) is 3.53. The molecule has 0 unspecified atom stereocenters. The first kappa shape index (κ1) is 7.41. The Labute approximate surface area is 61.7 Å². The van der Waals surface area contributed by atoms with E-state index in [0.29, 0.717) is 0 Å². The molecule has 10 heavy (non-hydrogen) atoms. The highest BCUT2D eigenvalue weighted by Crippen LogP contribution is 2.23. The molecule has 1 heterocycles. The van der Waals surface area contributed by atoms with Gasteiger partial charge in [-0.3, -0.25) is 0 Å². The van der Waals surface area contributed by atoms with Crippen LogP contribution in [0, 0.1) is 6.07 Å². The molecule has 1 aromatic heterocycles. The summed E-state index contributed by atoms with van der Waals surface area (Å²) in [6.45, 7) is 0. The predicted molar refractivity (Wildman–Crippen MR) is 33.0 cm³/mol. The van der Waals surface area contributed by atoms with Gasteiger partial charge in [0.25, 0.3) is 6.43 Å². The molecule has 0 atom stereocenters. The third kappa shape index (κ3) is 1.42. The summed E-state index contributed by atoms with van der Waals surface area (Å²) < 4.78 is 23.8. The molecule has 0 bridgehead atoms. The van der Waals surface area contributed by atoms with Gasteiger partial charge in [0.05, 0.1) is 5.56 Å². The molecule has 1 aromatic rings. The Kier molecular flexibility index (Phi) is 2.17. The third-order valence-electron chi connectivity index (χ3n) is 0.965. The van der Waals surface area contributed by atoms with Gasteiger partial charge in [-0.25, -0.2) is 13.8 Å². The van der Waals surface area contributed by atoms with E-state index >= 15 is 0 Å². The molecule has 53 valence electrons. The van der Waals surface area contributed by atoms with E-state index < -0.39 is 6.43 Å². The molecule has 0 aliphatic heterocycles. The topological polar surface area (TPSA) is 12.9 Å². The van der Waals surface area contributed by atoms with E-state index in [0.717, 1.165) is 6.07 Å². The molecule has 0 N–H and O–H groups in total. The monoisotopic (exact) mass is 162 g/mol. The maximum absolute atomic E-state index is 11.9. The fraction of sp³-hybridized carbons (Fsp3) is 0.167. The minimum Gasteiger partial charge on any atom is -0.243 e. The van der Waals surface area contributed by atoms with Gasteiger partial charge in [-0.05, 0) is 6.07 Å². The van der Waals surface area contributed by atoms with Crippen LogP contribution in [0.25, 0.3) is 0 Å². The average molecular weight is 163 g/mol. The number of alkyl halides is 2. The minimum atomic E-state index is -2.57. The summed E-state index contributed by atoms with van der Waals surface area (Å²) in [5.74, 6) is 0. The molecular formula is C6H3ClF2N. The molecular weight excluding hydrogens is 160 g/mol. The van der Waals surface area contributed by atoms with Crippen molar-refractivity contribution >= 4 is 11.6 Å². The number of pyridine rings is 1. The Morgan fingerprint density at radius 2 is 2.30 bits per heavy atom. The van der Waals surface area contributed by atoms with Crippen LogP contribution in [0.1, 0.15) is 12.0 Å². The third-order valence-corrected chi connectivity index (χ3v) is 1.28. The summed E-state index contributed by atoms with van der Waals surface area (Å²) >= 11 is 5.31. The first-order valence-electron chi connectivity index (χ1n) is 2.51. The Morgan fingerprint density at radius 1 is 1.60 bits per heavy atom. The molecule has 4 heteroatoms. The standard InChI is InChI=1S/C6H3ClF2N/c7-5-4(6(8)9)2-1-3-10-5/h2-3,6H. The lowest BCUT2D eigenvalue weighted by molar-refractivity contribution is 0.151. The lowest BCUT2D eigenvalue weighted by Crippen LogP contribution is -1.86. The molecule has 0 saturated carbocycles. The van der Waals surface area contributed by atoms with Crippen LogP contribution >= 0.6 is 11.6 Å². The fourth-order valence-electron chi connectivity index (χ4n) is 0.508. The van der Waals surface area contributed by atoms with Gasteiger partial charge in [-0.2, -0.15) is 0 Å². The highest BCUT2D eigenvalue weighted by molar-refractivity contribution is 6.30. The first-order valence-corrected chi connectivity index (χ1v) is 2.89. The number of hydrogen-bond acceptors (Lipinski definition) is 1. The minimum absolute atomic E-state index is 0.159. The van der Waals surface area contributed by atoms with Crippen molar-refractivity contribution in [2.24, 2.45) is 0 Å². The number of hydrogen-bond donors (Lipinski definition) is 0. The zero-order valence-corrected chi connectivity index (χ0v) is 5.57. The van der Waals surface area contributed by atoms with Gasteiger partial charge in [0.15, 0.2) is 0 Å². The Bertz CT molecular complexity index is 227. The second-order valence-corrected chi connectivity index (χ2v) is 1.97. The smallest absolute Gasteiger partial charge is 0.243 e.